The standard InChI is InChI=1S/C25H28N4O2/c1-30-22-9-6-18-4-5-19-17-26-25(28-24(19)23(18)16-22)27-20-7-10-21(11-8-20)31-15-14-29-12-2-3-13-29/h6-11,16-17H,2-5,12-15H2,1H3,(H,26,27,28). The Balaban J connectivity index is 1.26. The molecule has 0 radical (unpaired) electrons. The van der Waals surface area contributed by atoms with Gasteiger partial charge in [-0.2, -0.15) is 0 Å². The minimum atomic E-state index is 0.595. The molecule has 1 saturated heterocycles. The lowest BCUT2D eigenvalue weighted by Gasteiger charge is -2.20. The van der Waals surface area contributed by atoms with Crippen LogP contribution in [0.25, 0.3) is 11.3 Å². The first-order chi connectivity index (χ1) is 15.3. The number of hydrogen-bond acceptors (Lipinski definition) is 6. The highest BCUT2D eigenvalue weighted by atomic mass is 16.5. The molecule has 0 saturated carbocycles. The fraction of sp³-hybridized carbons (Fsp3) is 0.360. The summed E-state index contributed by atoms with van der Waals surface area (Å²) in [7, 11) is 1.69. The number of rotatable bonds is 7. The molecule has 6 heteroatoms. The van der Waals surface area contributed by atoms with Gasteiger partial charge < -0.3 is 14.8 Å². The van der Waals surface area contributed by atoms with Gasteiger partial charge in [-0.1, -0.05) is 6.07 Å². The highest BCUT2D eigenvalue weighted by molar-refractivity contribution is 5.72. The first kappa shape index (κ1) is 19.8. The summed E-state index contributed by atoms with van der Waals surface area (Å²) in [6.45, 7) is 4.12. The van der Waals surface area contributed by atoms with Crippen molar-refractivity contribution >= 4 is 11.6 Å². The second kappa shape index (κ2) is 8.94. The Morgan fingerprint density at radius 3 is 2.55 bits per heavy atom. The number of aromatic nitrogens is 2. The van der Waals surface area contributed by atoms with E-state index >= 15 is 0 Å². The molecule has 2 aliphatic rings. The van der Waals surface area contributed by atoms with Gasteiger partial charge in [-0.25, -0.2) is 9.97 Å². The average molecular weight is 417 g/mol. The predicted octanol–water partition coefficient (Wildman–Crippen LogP) is 4.47. The summed E-state index contributed by atoms with van der Waals surface area (Å²) in [4.78, 5) is 11.8. The second-order valence-corrected chi connectivity index (χ2v) is 8.14. The van der Waals surface area contributed by atoms with E-state index in [1.807, 2.05) is 36.5 Å². The largest absolute Gasteiger partial charge is 0.497 e. The van der Waals surface area contributed by atoms with Crippen molar-refractivity contribution in [1.82, 2.24) is 14.9 Å². The average Bonchev–Trinajstić information content (AvgIpc) is 3.33. The molecule has 2 aromatic carbocycles. The maximum atomic E-state index is 5.90. The smallest absolute Gasteiger partial charge is 0.227 e. The first-order valence-electron chi connectivity index (χ1n) is 11.0. The van der Waals surface area contributed by atoms with Gasteiger partial charge in [0.05, 0.1) is 12.8 Å². The molecule has 2 heterocycles. The van der Waals surface area contributed by atoms with E-state index in [4.69, 9.17) is 14.5 Å². The summed E-state index contributed by atoms with van der Waals surface area (Å²) in [5.41, 5.74) is 5.53. The molecule has 1 aromatic heterocycles. The molecule has 1 aliphatic carbocycles. The zero-order chi connectivity index (χ0) is 21.0. The Bertz CT molecular complexity index is 1050. The molecule has 0 amide bonds. The lowest BCUT2D eigenvalue weighted by Crippen LogP contribution is -2.25. The third-order valence-corrected chi connectivity index (χ3v) is 6.09. The topological polar surface area (TPSA) is 59.5 Å². The molecule has 160 valence electrons. The zero-order valence-corrected chi connectivity index (χ0v) is 17.9. The van der Waals surface area contributed by atoms with Crippen LogP contribution in [0.2, 0.25) is 0 Å². The molecule has 31 heavy (non-hydrogen) atoms. The van der Waals surface area contributed by atoms with Gasteiger partial charge in [0.1, 0.15) is 18.1 Å². The first-order valence-corrected chi connectivity index (χ1v) is 11.0. The zero-order valence-electron chi connectivity index (χ0n) is 17.9. The SMILES string of the molecule is COc1ccc2c(c1)-c1nc(Nc3ccc(OCCN4CCCC4)cc3)ncc1CC2. The van der Waals surface area contributed by atoms with Crippen LogP contribution in [0, 0.1) is 0 Å². The maximum Gasteiger partial charge on any atom is 0.227 e. The number of anilines is 2. The summed E-state index contributed by atoms with van der Waals surface area (Å²) in [5, 5.41) is 3.32. The quantitative estimate of drug-likeness (QED) is 0.613. The second-order valence-electron chi connectivity index (χ2n) is 8.14. The lowest BCUT2D eigenvalue weighted by molar-refractivity contribution is 0.238. The minimum absolute atomic E-state index is 0.595. The van der Waals surface area contributed by atoms with Gasteiger partial charge in [0.15, 0.2) is 0 Å². The Morgan fingerprint density at radius 2 is 1.74 bits per heavy atom. The van der Waals surface area contributed by atoms with Crippen molar-refractivity contribution in [1.29, 1.82) is 0 Å². The highest BCUT2D eigenvalue weighted by Gasteiger charge is 2.19. The maximum absolute atomic E-state index is 5.90. The minimum Gasteiger partial charge on any atom is -0.497 e. The number of likely N-dealkylation sites (tertiary alicyclic amines) is 1. The van der Waals surface area contributed by atoms with Gasteiger partial charge in [-0.3, -0.25) is 4.90 Å². The Labute approximate surface area is 183 Å². The van der Waals surface area contributed by atoms with Gasteiger partial charge in [0, 0.05) is 24.0 Å². The van der Waals surface area contributed by atoms with Gasteiger partial charge in [-0.05, 0) is 86.3 Å². The van der Waals surface area contributed by atoms with Gasteiger partial charge in [0.2, 0.25) is 5.95 Å². The summed E-state index contributed by atoms with van der Waals surface area (Å²) in [6, 6.07) is 14.2. The third kappa shape index (κ3) is 4.49. The van der Waals surface area contributed by atoms with E-state index in [-0.39, 0.29) is 0 Å². The third-order valence-electron chi connectivity index (χ3n) is 6.09. The molecule has 3 aromatic rings. The van der Waals surface area contributed by atoms with Crippen LogP contribution in [0.4, 0.5) is 11.6 Å². The molecule has 1 fully saturated rings. The number of hydrogen-bond donors (Lipinski definition) is 1. The Morgan fingerprint density at radius 1 is 0.968 bits per heavy atom. The van der Waals surface area contributed by atoms with E-state index in [1.165, 1.54) is 37.1 Å². The monoisotopic (exact) mass is 416 g/mol. The van der Waals surface area contributed by atoms with Crippen LogP contribution < -0.4 is 14.8 Å². The number of fused-ring (bicyclic) bond motifs is 3. The van der Waals surface area contributed by atoms with Crippen molar-refractivity contribution in [2.45, 2.75) is 25.7 Å². The number of nitrogens with zero attached hydrogens (tertiary/aromatic N) is 3. The number of aryl methyl sites for hydroxylation is 2. The lowest BCUT2D eigenvalue weighted by atomic mass is 9.90. The molecule has 1 N–H and O–H groups in total. The number of ether oxygens (including phenoxy) is 2. The molecule has 0 atom stereocenters. The van der Waals surface area contributed by atoms with E-state index in [1.54, 1.807) is 7.11 Å². The van der Waals surface area contributed by atoms with E-state index in [2.05, 4.69) is 27.3 Å². The number of benzene rings is 2. The van der Waals surface area contributed by atoms with Gasteiger partial charge in [-0.15, -0.1) is 0 Å². The molecule has 6 nitrogen and oxygen atoms in total. The molecule has 0 spiro atoms. The van der Waals surface area contributed by atoms with Crippen molar-refractivity contribution in [3.05, 3.63) is 59.8 Å². The highest BCUT2D eigenvalue weighted by Crippen LogP contribution is 2.35. The molecule has 5 rings (SSSR count). The number of nitrogens with one attached hydrogen (secondary N) is 1. The van der Waals surface area contributed by atoms with Gasteiger partial charge in [0.25, 0.3) is 0 Å². The van der Waals surface area contributed by atoms with E-state index in [0.29, 0.717) is 5.95 Å². The van der Waals surface area contributed by atoms with Crippen LogP contribution in [-0.4, -0.2) is 48.2 Å². The Hall–Kier alpha value is -3.12. The summed E-state index contributed by atoms with van der Waals surface area (Å²) >= 11 is 0. The Kier molecular flexibility index (Phi) is 5.71. The van der Waals surface area contributed by atoms with Crippen molar-refractivity contribution in [3.8, 4) is 22.8 Å². The molecule has 1 aliphatic heterocycles. The fourth-order valence-electron chi connectivity index (χ4n) is 4.34. The summed E-state index contributed by atoms with van der Waals surface area (Å²) in [6.07, 6.45) is 6.51. The van der Waals surface area contributed by atoms with E-state index < -0.39 is 0 Å². The summed E-state index contributed by atoms with van der Waals surface area (Å²) < 4.78 is 11.3. The van der Waals surface area contributed by atoms with Crippen molar-refractivity contribution in [2.24, 2.45) is 0 Å². The molecule has 0 bridgehead atoms. The number of methoxy groups -OCH3 is 1. The predicted molar refractivity (Wildman–Crippen MR) is 122 cm³/mol. The molecular weight excluding hydrogens is 388 g/mol. The van der Waals surface area contributed by atoms with Crippen LogP contribution >= 0.6 is 0 Å². The van der Waals surface area contributed by atoms with E-state index in [9.17, 15) is 0 Å². The van der Waals surface area contributed by atoms with Crippen LogP contribution in [-0.2, 0) is 12.8 Å². The van der Waals surface area contributed by atoms with Crippen molar-refractivity contribution in [3.63, 3.8) is 0 Å². The van der Waals surface area contributed by atoms with Gasteiger partial charge >= 0.3 is 0 Å². The molecule has 0 unspecified atom stereocenters. The van der Waals surface area contributed by atoms with Crippen LogP contribution in [0.3, 0.4) is 0 Å². The van der Waals surface area contributed by atoms with Crippen molar-refractivity contribution in [2.75, 3.05) is 38.7 Å². The fourth-order valence-corrected chi connectivity index (χ4v) is 4.34. The van der Waals surface area contributed by atoms with E-state index in [0.717, 1.165) is 54.4 Å². The van der Waals surface area contributed by atoms with Crippen LogP contribution in [0.5, 0.6) is 11.5 Å². The molecular formula is C25H28N4O2. The summed E-state index contributed by atoms with van der Waals surface area (Å²) in [5.74, 6) is 2.33. The van der Waals surface area contributed by atoms with Crippen molar-refractivity contribution < 1.29 is 9.47 Å². The normalized spacial score (nSPS) is 15.3. The van der Waals surface area contributed by atoms with Crippen LogP contribution in [0.15, 0.2) is 48.7 Å². The van der Waals surface area contributed by atoms with Crippen LogP contribution in [0.1, 0.15) is 24.0 Å².